The fourth-order valence-corrected chi connectivity index (χ4v) is 2.38. The molecule has 2 nitrogen and oxygen atoms in total. The molecule has 0 saturated carbocycles. The number of benzene rings is 2. The molecular formula is C18H19BrO2. The van der Waals surface area contributed by atoms with Crippen LogP contribution in [0.3, 0.4) is 0 Å². The number of hydrogen-bond acceptors (Lipinski definition) is 2. The third-order valence-electron chi connectivity index (χ3n) is 3.11. The number of rotatable bonds is 5. The monoisotopic (exact) mass is 346 g/mol. The Morgan fingerprint density at radius 3 is 2.38 bits per heavy atom. The summed E-state index contributed by atoms with van der Waals surface area (Å²) in [5.74, 6) is 0.0724. The number of halogens is 1. The molecule has 0 fully saturated rings. The van der Waals surface area contributed by atoms with Crippen LogP contribution in [0.2, 0.25) is 0 Å². The summed E-state index contributed by atoms with van der Waals surface area (Å²) >= 11 is 3.44. The van der Waals surface area contributed by atoms with E-state index in [4.69, 9.17) is 4.74 Å². The molecule has 0 radical (unpaired) electrons. The zero-order valence-electron chi connectivity index (χ0n) is 12.3. The van der Waals surface area contributed by atoms with Gasteiger partial charge in [0.05, 0.1) is 12.2 Å². The summed E-state index contributed by atoms with van der Waals surface area (Å²) in [7, 11) is 0. The molecule has 0 aliphatic rings. The molecule has 0 saturated heterocycles. The van der Waals surface area contributed by atoms with E-state index in [1.807, 2.05) is 50.2 Å². The standard InChI is InChI=1S/C18H19BrO2/c1-13(2)12-21-18(20)17-6-4-3-5-16(17)15-9-7-14(11-19)8-10-15/h3-10,13H,11-12H2,1-2H3. The fourth-order valence-electron chi connectivity index (χ4n) is 2.01. The molecule has 0 aliphatic heterocycles. The number of alkyl halides is 1. The fraction of sp³-hybridized carbons (Fsp3) is 0.278. The normalized spacial score (nSPS) is 10.7. The van der Waals surface area contributed by atoms with Crippen molar-refractivity contribution in [3.63, 3.8) is 0 Å². The Balaban J connectivity index is 2.29. The van der Waals surface area contributed by atoms with E-state index in [1.165, 1.54) is 5.56 Å². The van der Waals surface area contributed by atoms with Crippen LogP contribution >= 0.6 is 15.9 Å². The zero-order valence-corrected chi connectivity index (χ0v) is 13.9. The maximum absolute atomic E-state index is 12.2. The van der Waals surface area contributed by atoms with Gasteiger partial charge in [0.15, 0.2) is 0 Å². The van der Waals surface area contributed by atoms with E-state index in [0.29, 0.717) is 18.1 Å². The van der Waals surface area contributed by atoms with Crippen LogP contribution in [0.5, 0.6) is 0 Å². The third kappa shape index (κ3) is 4.18. The molecule has 0 aromatic heterocycles. The van der Waals surface area contributed by atoms with Gasteiger partial charge in [0.25, 0.3) is 0 Å². The highest BCUT2D eigenvalue weighted by Crippen LogP contribution is 2.25. The molecule has 0 spiro atoms. The third-order valence-corrected chi connectivity index (χ3v) is 3.76. The van der Waals surface area contributed by atoms with Gasteiger partial charge >= 0.3 is 5.97 Å². The van der Waals surface area contributed by atoms with E-state index in [1.54, 1.807) is 0 Å². The Labute approximate surface area is 134 Å². The minimum Gasteiger partial charge on any atom is -0.462 e. The van der Waals surface area contributed by atoms with Crippen molar-refractivity contribution in [3.8, 4) is 11.1 Å². The average Bonchev–Trinajstić information content (AvgIpc) is 2.52. The first-order valence-corrected chi connectivity index (χ1v) is 8.15. The number of carbonyl (C=O) groups excluding carboxylic acids is 1. The Hall–Kier alpha value is -1.61. The molecule has 0 heterocycles. The van der Waals surface area contributed by atoms with Crippen LogP contribution < -0.4 is 0 Å². The van der Waals surface area contributed by atoms with Gasteiger partial charge in [-0.1, -0.05) is 72.2 Å². The molecule has 0 N–H and O–H groups in total. The SMILES string of the molecule is CC(C)COC(=O)c1ccccc1-c1ccc(CBr)cc1. The number of hydrogen-bond donors (Lipinski definition) is 0. The van der Waals surface area contributed by atoms with Gasteiger partial charge in [0.1, 0.15) is 0 Å². The van der Waals surface area contributed by atoms with Gasteiger partial charge in [0, 0.05) is 5.33 Å². The van der Waals surface area contributed by atoms with E-state index < -0.39 is 0 Å². The lowest BCUT2D eigenvalue weighted by Crippen LogP contribution is -2.11. The topological polar surface area (TPSA) is 26.3 Å². The highest BCUT2D eigenvalue weighted by atomic mass is 79.9. The van der Waals surface area contributed by atoms with E-state index >= 15 is 0 Å². The van der Waals surface area contributed by atoms with Gasteiger partial charge in [-0.05, 0) is 28.7 Å². The predicted molar refractivity (Wildman–Crippen MR) is 89.6 cm³/mol. The molecule has 0 unspecified atom stereocenters. The van der Waals surface area contributed by atoms with Crippen molar-refractivity contribution in [1.29, 1.82) is 0 Å². The highest BCUT2D eigenvalue weighted by molar-refractivity contribution is 9.08. The number of ether oxygens (including phenoxy) is 1. The largest absolute Gasteiger partial charge is 0.462 e. The van der Waals surface area contributed by atoms with Crippen LogP contribution in [0.15, 0.2) is 48.5 Å². The van der Waals surface area contributed by atoms with E-state index in [0.717, 1.165) is 16.5 Å². The van der Waals surface area contributed by atoms with Gasteiger partial charge in [-0.3, -0.25) is 0 Å². The van der Waals surface area contributed by atoms with Gasteiger partial charge in [-0.15, -0.1) is 0 Å². The molecule has 21 heavy (non-hydrogen) atoms. The Bertz CT molecular complexity index is 603. The highest BCUT2D eigenvalue weighted by Gasteiger charge is 2.14. The molecule has 0 aliphatic carbocycles. The lowest BCUT2D eigenvalue weighted by molar-refractivity contribution is 0.0460. The molecule has 0 atom stereocenters. The van der Waals surface area contributed by atoms with Crippen LogP contribution in [0, 0.1) is 5.92 Å². The quantitative estimate of drug-likeness (QED) is 0.558. The molecule has 110 valence electrons. The molecule has 0 amide bonds. The van der Waals surface area contributed by atoms with Gasteiger partial charge in [0.2, 0.25) is 0 Å². The molecule has 3 heteroatoms. The molecular weight excluding hydrogens is 328 g/mol. The minimum absolute atomic E-state index is 0.260. The van der Waals surface area contributed by atoms with Crippen molar-refractivity contribution in [3.05, 3.63) is 59.7 Å². The Kier molecular flexibility index (Phi) is 5.57. The Morgan fingerprint density at radius 2 is 1.76 bits per heavy atom. The minimum atomic E-state index is -0.260. The summed E-state index contributed by atoms with van der Waals surface area (Å²) < 4.78 is 5.35. The van der Waals surface area contributed by atoms with Gasteiger partial charge < -0.3 is 4.74 Å². The summed E-state index contributed by atoms with van der Waals surface area (Å²) in [4.78, 5) is 12.2. The number of esters is 1. The summed E-state index contributed by atoms with van der Waals surface area (Å²) in [6.45, 7) is 4.49. The zero-order chi connectivity index (χ0) is 15.2. The smallest absolute Gasteiger partial charge is 0.338 e. The van der Waals surface area contributed by atoms with Gasteiger partial charge in [-0.2, -0.15) is 0 Å². The molecule has 0 bridgehead atoms. The summed E-state index contributed by atoms with van der Waals surface area (Å²) in [5.41, 5.74) is 3.76. The van der Waals surface area contributed by atoms with Crippen molar-refractivity contribution in [2.75, 3.05) is 6.61 Å². The summed E-state index contributed by atoms with van der Waals surface area (Å²) in [5, 5.41) is 0.825. The van der Waals surface area contributed by atoms with Crippen LogP contribution in [-0.4, -0.2) is 12.6 Å². The van der Waals surface area contributed by atoms with Crippen molar-refractivity contribution in [1.82, 2.24) is 0 Å². The summed E-state index contributed by atoms with van der Waals surface area (Å²) in [6, 6.07) is 15.7. The maximum Gasteiger partial charge on any atom is 0.338 e. The second-order valence-electron chi connectivity index (χ2n) is 5.37. The average molecular weight is 347 g/mol. The predicted octanol–water partition coefficient (Wildman–Crippen LogP) is 5.06. The van der Waals surface area contributed by atoms with Crippen molar-refractivity contribution in [2.24, 2.45) is 5.92 Å². The van der Waals surface area contributed by atoms with Crippen LogP contribution in [-0.2, 0) is 10.1 Å². The molecule has 2 aromatic rings. The van der Waals surface area contributed by atoms with Crippen LogP contribution in [0.1, 0.15) is 29.8 Å². The van der Waals surface area contributed by atoms with Crippen LogP contribution in [0.4, 0.5) is 0 Å². The first-order valence-electron chi connectivity index (χ1n) is 7.03. The van der Waals surface area contributed by atoms with Crippen molar-refractivity contribution < 1.29 is 9.53 Å². The first kappa shape index (κ1) is 15.8. The first-order chi connectivity index (χ1) is 10.1. The lowest BCUT2D eigenvalue weighted by Gasteiger charge is -2.11. The van der Waals surface area contributed by atoms with Crippen LogP contribution in [0.25, 0.3) is 11.1 Å². The Morgan fingerprint density at radius 1 is 1.10 bits per heavy atom. The van der Waals surface area contributed by atoms with Gasteiger partial charge in [-0.25, -0.2) is 4.79 Å². The second-order valence-corrected chi connectivity index (χ2v) is 5.93. The number of carbonyl (C=O) groups is 1. The van der Waals surface area contributed by atoms with Crippen molar-refractivity contribution in [2.45, 2.75) is 19.2 Å². The second kappa shape index (κ2) is 7.41. The van der Waals surface area contributed by atoms with E-state index in [9.17, 15) is 4.79 Å². The molecule has 2 aromatic carbocycles. The van der Waals surface area contributed by atoms with Crippen molar-refractivity contribution >= 4 is 21.9 Å². The maximum atomic E-state index is 12.2. The van der Waals surface area contributed by atoms with E-state index in [-0.39, 0.29) is 5.97 Å². The molecule has 2 rings (SSSR count). The summed E-state index contributed by atoms with van der Waals surface area (Å²) in [6.07, 6.45) is 0. The van der Waals surface area contributed by atoms with E-state index in [2.05, 4.69) is 28.1 Å². The lowest BCUT2D eigenvalue weighted by atomic mass is 9.99.